The van der Waals surface area contributed by atoms with Gasteiger partial charge < -0.3 is 11.1 Å². The van der Waals surface area contributed by atoms with Gasteiger partial charge in [-0.3, -0.25) is 9.36 Å². The van der Waals surface area contributed by atoms with Crippen molar-refractivity contribution in [3.8, 4) is 5.69 Å². The van der Waals surface area contributed by atoms with Crippen molar-refractivity contribution in [3.63, 3.8) is 0 Å². The smallest absolute Gasteiger partial charge is 0.228 e. The summed E-state index contributed by atoms with van der Waals surface area (Å²) in [6.07, 6.45) is 3.94. The molecule has 1 amide bonds. The number of rotatable bonds is 5. The molecular weight excluding hydrogens is 242 g/mol. The molecule has 1 aromatic carbocycles. The number of nitrogens with one attached hydrogen (secondary N) is 1. The van der Waals surface area contributed by atoms with Gasteiger partial charge in [0.2, 0.25) is 5.91 Å². The van der Waals surface area contributed by atoms with Gasteiger partial charge in [-0.1, -0.05) is 13.0 Å². The summed E-state index contributed by atoms with van der Waals surface area (Å²) in [6, 6.07) is 7.49. The molecule has 19 heavy (non-hydrogen) atoms. The van der Waals surface area contributed by atoms with E-state index in [-0.39, 0.29) is 11.8 Å². The molecule has 1 heterocycles. The van der Waals surface area contributed by atoms with E-state index in [0.29, 0.717) is 6.54 Å². The zero-order valence-corrected chi connectivity index (χ0v) is 10.8. The van der Waals surface area contributed by atoms with Crippen LogP contribution in [0.4, 0.5) is 5.69 Å². The van der Waals surface area contributed by atoms with E-state index in [1.54, 1.807) is 17.2 Å². The van der Waals surface area contributed by atoms with Crippen LogP contribution in [0, 0.1) is 5.92 Å². The number of amides is 1. The fraction of sp³-hybridized carbons (Fsp3) is 0.308. The van der Waals surface area contributed by atoms with Gasteiger partial charge in [-0.15, -0.1) is 10.2 Å². The average Bonchev–Trinajstić information content (AvgIpc) is 2.94. The second kappa shape index (κ2) is 6.10. The first-order valence-electron chi connectivity index (χ1n) is 6.20. The van der Waals surface area contributed by atoms with Crippen molar-refractivity contribution >= 4 is 11.6 Å². The Morgan fingerprint density at radius 1 is 1.42 bits per heavy atom. The van der Waals surface area contributed by atoms with Crippen molar-refractivity contribution < 1.29 is 4.79 Å². The highest BCUT2D eigenvalue weighted by Gasteiger charge is 2.14. The van der Waals surface area contributed by atoms with Crippen LogP contribution in [0.3, 0.4) is 0 Å². The normalized spacial score (nSPS) is 12.1. The van der Waals surface area contributed by atoms with Crippen LogP contribution in [0.1, 0.15) is 13.3 Å². The molecule has 6 nitrogen and oxygen atoms in total. The fourth-order valence-corrected chi connectivity index (χ4v) is 1.78. The summed E-state index contributed by atoms with van der Waals surface area (Å²) in [4.78, 5) is 11.9. The molecule has 0 radical (unpaired) electrons. The van der Waals surface area contributed by atoms with E-state index >= 15 is 0 Å². The summed E-state index contributed by atoms with van der Waals surface area (Å²) in [5.41, 5.74) is 7.19. The van der Waals surface area contributed by atoms with Crippen molar-refractivity contribution in [2.75, 3.05) is 11.9 Å². The maximum atomic E-state index is 11.9. The van der Waals surface area contributed by atoms with E-state index in [1.165, 1.54) is 0 Å². The van der Waals surface area contributed by atoms with Gasteiger partial charge >= 0.3 is 0 Å². The van der Waals surface area contributed by atoms with Crippen LogP contribution < -0.4 is 11.1 Å². The van der Waals surface area contributed by atoms with Crippen molar-refractivity contribution in [2.45, 2.75) is 13.3 Å². The number of nitrogens with zero attached hydrogens (tertiary/aromatic N) is 3. The molecule has 0 bridgehead atoms. The lowest BCUT2D eigenvalue weighted by Gasteiger charge is -2.13. The summed E-state index contributed by atoms with van der Waals surface area (Å²) in [5, 5.41) is 10.4. The third-order valence-corrected chi connectivity index (χ3v) is 2.98. The SMILES string of the molecule is CCC(CN)C(=O)Nc1cccc(-n2cnnc2)c1. The number of carbonyl (C=O) groups excluding carboxylic acids is 1. The Bertz CT molecular complexity index is 534. The van der Waals surface area contributed by atoms with Gasteiger partial charge in [0.15, 0.2) is 0 Å². The molecule has 0 spiro atoms. The Morgan fingerprint density at radius 3 is 2.79 bits per heavy atom. The summed E-state index contributed by atoms with van der Waals surface area (Å²) < 4.78 is 1.77. The largest absolute Gasteiger partial charge is 0.330 e. The van der Waals surface area contributed by atoms with Gasteiger partial charge in [0, 0.05) is 12.2 Å². The van der Waals surface area contributed by atoms with E-state index < -0.39 is 0 Å². The van der Waals surface area contributed by atoms with Gasteiger partial charge in [0.1, 0.15) is 12.7 Å². The highest BCUT2D eigenvalue weighted by molar-refractivity contribution is 5.92. The highest BCUT2D eigenvalue weighted by atomic mass is 16.1. The van der Waals surface area contributed by atoms with Crippen molar-refractivity contribution in [1.82, 2.24) is 14.8 Å². The van der Waals surface area contributed by atoms with Crippen LogP contribution >= 0.6 is 0 Å². The second-order valence-corrected chi connectivity index (χ2v) is 4.25. The van der Waals surface area contributed by atoms with E-state index in [4.69, 9.17) is 5.73 Å². The second-order valence-electron chi connectivity index (χ2n) is 4.25. The molecule has 0 aliphatic rings. The van der Waals surface area contributed by atoms with Gasteiger partial charge in [0.05, 0.1) is 11.6 Å². The van der Waals surface area contributed by atoms with Crippen molar-refractivity contribution in [2.24, 2.45) is 11.7 Å². The summed E-state index contributed by atoms with van der Waals surface area (Å²) in [5.74, 6) is -0.204. The molecule has 0 aliphatic heterocycles. The monoisotopic (exact) mass is 259 g/mol. The number of hydrogen-bond acceptors (Lipinski definition) is 4. The minimum absolute atomic E-state index is 0.0501. The van der Waals surface area contributed by atoms with E-state index in [2.05, 4.69) is 15.5 Å². The molecule has 0 fully saturated rings. The first-order valence-corrected chi connectivity index (χ1v) is 6.20. The Morgan fingerprint density at radius 2 is 2.16 bits per heavy atom. The minimum Gasteiger partial charge on any atom is -0.330 e. The standard InChI is InChI=1S/C13H17N5O/c1-2-10(7-14)13(19)17-11-4-3-5-12(6-11)18-8-15-16-9-18/h3-6,8-10H,2,7,14H2,1H3,(H,17,19). The fourth-order valence-electron chi connectivity index (χ4n) is 1.78. The first kappa shape index (κ1) is 13.2. The zero-order chi connectivity index (χ0) is 13.7. The molecule has 1 atom stereocenters. The molecule has 0 saturated carbocycles. The third kappa shape index (κ3) is 3.17. The number of nitrogens with two attached hydrogens (primary N) is 1. The lowest BCUT2D eigenvalue weighted by Crippen LogP contribution is -2.28. The molecule has 0 saturated heterocycles. The molecule has 0 aliphatic carbocycles. The minimum atomic E-state index is -0.154. The van der Waals surface area contributed by atoms with Crippen molar-refractivity contribution in [1.29, 1.82) is 0 Å². The van der Waals surface area contributed by atoms with E-state index in [9.17, 15) is 4.79 Å². The molecule has 2 rings (SSSR count). The quantitative estimate of drug-likeness (QED) is 0.844. The van der Waals surface area contributed by atoms with Crippen molar-refractivity contribution in [3.05, 3.63) is 36.9 Å². The number of carbonyl (C=O) groups is 1. The summed E-state index contributed by atoms with van der Waals surface area (Å²) in [7, 11) is 0. The molecule has 1 unspecified atom stereocenters. The maximum absolute atomic E-state index is 11.9. The molecule has 6 heteroatoms. The van der Waals surface area contributed by atoms with E-state index in [1.807, 2.05) is 31.2 Å². The number of anilines is 1. The average molecular weight is 259 g/mol. The number of aromatic nitrogens is 3. The van der Waals surface area contributed by atoms with Crippen LogP contribution in [-0.2, 0) is 4.79 Å². The summed E-state index contributed by atoms with van der Waals surface area (Å²) in [6.45, 7) is 2.30. The maximum Gasteiger partial charge on any atom is 0.228 e. The van der Waals surface area contributed by atoms with Crippen LogP contribution in [-0.4, -0.2) is 27.2 Å². The Labute approximate surface area is 111 Å². The predicted octanol–water partition coefficient (Wildman–Crippen LogP) is 1.19. The lowest BCUT2D eigenvalue weighted by atomic mass is 10.1. The Hall–Kier alpha value is -2.21. The predicted molar refractivity (Wildman–Crippen MR) is 72.8 cm³/mol. The summed E-state index contributed by atoms with van der Waals surface area (Å²) >= 11 is 0. The molecular formula is C13H17N5O. The molecule has 1 aromatic heterocycles. The van der Waals surface area contributed by atoms with Gasteiger partial charge in [-0.05, 0) is 24.6 Å². The van der Waals surface area contributed by atoms with Gasteiger partial charge in [-0.2, -0.15) is 0 Å². The molecule has 100 valence electrons. The number of hydrogen-bond donors (Lipinski definition) is 2. The first-order chi connectivity index (χ1) is 9.24. The van der Waals surface area contributed by atoms with Crippen LogP contribution in [0.15, 0.2) is 36.9 Å². The van der Waals surface area contributed by atoms with Crippen LogP contribution in [0.2, 0.25) is 0 Å². The Balaban J connectivity index is 2.14. The lowest BCUT2D eigenvalue weighted by molar-refractivity contribution is -0.119. The topological polar surface area (TPSA) is 85.8 Å². The Kier molecular flexibility index (Phi) is 4.25. The van der Waals surface area contributed by atoms with Gasteiger partial charge in [0.25, 0.3) is 0 Å². The van der Waals surface area contributed by atoms with Crippen LogP contribution in [0.5, 0.6) is 0 Å². The zero-order valence-electron chi connectivity index (χ0n) is 10.8. The van der Waals surface area contributed by atoms with Crippen LogP contribution in [0.25, 0.3) is 5.69 Å². The molecule has 3 N–H and O–H groups in total. The number of benzene rings is 1. The third-order valence-electron chi connectivity index (χ3n) is 2.98. The molecule has 2 aromatic rings. The van der Waals surface area contributed by atoms with Gasteiger partial charge in [-0.25, -0.2) is 0 Å². The highest BCUT2D eigenvalue weighted by Crippen LogP contribution is 2.15. The van der Waals surface area contributed by atoms with E-state index in [0.717, 1.165) is 17.8 Å².